The molecule has 1 aliphatic rings. The van der Waals surface area contributed by atoms with E-state index in [1.807, 2.05) is 0 Å². The lowest BCUT2D eigenvalue weighted by molar-refractivity contribution is 0.209. The second-order valence-electron chi connectivity index (χ2n) is 5.16. The number of hydrogen-bond acceptors (Lipinski definition) is 2. The standard InChI is InChI=1S/C14H29NO/c1-2-3-4-5-6-7-8-9-10-11-12-15-13-14(15)16/h14,16H,2-13H2,1H3. The van der Waals surface area contributed by atoms with E-state index in [2.05, 4.69) is 11.8 Å². The Morgan fingerprint density at radius 1 is 0.875 bits per heavy atom. The molecule has 0 spiro atoms. The van der Waals surface area contributed by atoms with Crippen LogP contribution in [0.2, 0.25) is 0 Å². The van der Waals surface area contributed by atoms with E-state index >= 15 is 0 Å². The lowest BCUT2D eigenvalue weighted by atomic mass is 10.1. The van der Waals surface area contributed by atoms with Crippen molar-refractivity contribution >= 4 is 0 Å². The SMILES string of the molecule is CCCCCCCCCCCCN1CC1O. The molecule has 0 bridgehead atoms. The summed E-state index contributed by atoms with van der Waals surface area (Å²) in [5.41, 5.74) is 0. The molecule has 1 saturated heterocycles. The molecule has 2 nitrogen and oxygen atoms in total. The van der Waals surface area contributed by atoms with Gasteiger partial charge in [0.05, 0.1) is 0 Å². The van der Waals surface area contributed by atoms with Gasteiger partial charge in [-0.2, -0.15) is 0 Å². The van der Waals surface area contributed by atoms with Crippen LogP contribution in [0.25, 0.3) is 0 Å². The first-order valence-electron chi connectivity index (χ1n) is 7.26. The average molecular weight is 227 g/mol. The van der Waals surface area contributed by atoms with Crippen LogP contribution < -0.4 is 0 Å². The van der Waals surface area contributed by atoms with Crippen molar-refractivity contribution in [2.24, 2.45) is 0 Å². The molecule has 1 fully saturated rings. The summed E-state index contributed by atoms with van der Waals surface area (Å²) < 4.78 is 0. The molecular formula is C14H29NO. The van der Waals surface area contributed by atoms with E-state index in [0.29, 0.717) is 0 Å². The fourth-order valence-corrected chi connectivity index (χ4v) is 2.21. The van der Waals surface area contributed by atoms with Gasteiger partial charge < -0.3 is 5.11 Å². The van der Waals surface area contributed by atoms with Crippen molar-refractivity contribution in [3.8, 4) is 0 Å². The molecule has 16 heavy (non-hydrogen) atoms. The molecule has 0 amide bonds. The monoisotopic (exact) mass is 227 g/mol. The zero-order valence-electron chi connectivity index (χ0n) is 11.0. The summed E-state index contributed by atoms with van der Waals surface area (Å²) in [6.07, 6.45) is 13.8. The number of aliphatic hydroxyl groups excluding tert-OH is 1. The molecule has 1 heterocycles. The van der Waals surface area contributed by atoms with Gasteiger partial charge in [-0.15, -0.1) is 0 Å². The first-order valence-corrected chi connectivity index (χ1v) is 7.26. The third kappa shape index (κ3) is 7.24. The van der Waals surface area contributed by atoms with Crippen LogP contribution in [0.5, 0.6) is 0 Å². The molecule has 1 rings (SSSR count). The summed E-state index contributed by atoms with van der Waals surface area (Å²) in [7, 11) is 0. The Hall–Kier alpha value is -0.0800. The maximum Gasteiger partial charge on any atom is 0.120 e. The molecule has 0 aromatic carbocycles. The molecule has 96 valence electrons. The number of unbranched alkanes of at least 4 members (excludes halogenated alkanes) is 9. The van der Waals surface area contributed by atoms with Crippen LogP contribution in [0.4, 0.5) is 0 Å². The lowest BCUT2D eigenvalue weighted by Gasteiger charge is -2.03. The zero-order chi connectivity index (χ0) is 11.6. The summed E-state index contributed by atoms with van der Waals surface area (Å²) >= 11 is 0. The highest BCUT2D eigenvalue weighted by atomic mass is 16.3. The van der Waals surface area contributed by atoms with E-state index in [-0.39, 0.29) is 6.23 Å². The van der Waals surface area contributed by atoms with Gasteiger partial charge in [-0.05, 0) is 6.42 Å². The number of hydrogen-bond donors (Lipinski definition) is 1. The van der Waals surface area contributed by atoms with Crippen LogP contribution in [0.1, 0.15) is 71.1 Å². The van der Waals surface area contributed by atoms with Crippen LogP contribution in [0.3, 0.4) is 0 Å². The third-order valence-electron chi connectivity index (χ3n) is 3.48. The van der Waals surface area contributed by atoms with Crippen molar-refractivity contribution in [2.75, 3.05) is 13.1 Å². The normalized spacial score (nSPS) is 23.6. The van der Waals surface area contributed by atoms with Crippen LogP contribution in [-0.2, 0) is 0 Å². The highest BCUT2D eigenvalue weighted by molar-refractivity contribution is 4.77. The van der Waals surface area contributed by atoms with E-state index in [1.165, 1.54) is 64.2 Å². The highest BCUT2D eigenvalue weighted by Gasteiger charge is 2.29. The van der Waals surface area contributed by atoms with Gasteiger partial charge in [0.25, 0.3) is 0 Å². The van der Waals surface area contributed by atoms with Gasteiger partial charge in [-0.25, -0.2) is 0 Å². The topological polar surface area (TPSA) is 23.2 Å². The fourth-order valence-electron chi connectivity index (χ4n) is 2.21. The van der Waals surface area contributed by atoms with Gasteiger partial charge in [-0.1, -0.05) is 64.7 Å². The van der Waals surface area contributed by atoms with Crippen LogP contribution in [-0.4, -0.2) is 29.3 Å². The predicted molar refractivity (Wildman–Crippen MR) is 69.4 cm³/mol. The second kappa shape index (κ2) is 9.00. The van der Waals surface area contributed by atoms with Crippen molar-refractivity contribution in [3.05, 3.63) is 0 Å². The molecule has 1 N–H and O–H groups in total. The number of rotatable bonds is 11. The number of nitrogens with zero attached hydrogens (tertiary/aromatic N) is 1. The fraction of sp³-hybridized carbons (Fsp3) is 1.00. The van der Waals surface area contributed by atoms with E-state index in [9.17, 15) is 0 Å². The molecule has 2 unspecified atom stereocenters. The molecule has 2 heteroatoms. The Balaban J connectivity index is 1.65. The van der Waals surface area contributed by atoms with Gasteiger partial charge in [0.15, 0.2) is 0 Å². The minimum absolute atomic E-state index is 0.0986. The molecule has 0 aromatic heterocycles. The Labute approximate surface area is 101 Å². The second-order valence-corrected chi connectivity index (χ2v) is 5.16. The maximum atomic E-state index is 9.10. The first kappa shape index (κ1) is 14.0. The van der Waals surface area contributed by atoms with Gasteiger partial charge in [0.1, 0.15) is 6.23 Å². The summed E-state index contributed by atoms with van der Waals surface area (Å²) in [5, 5.41) is 9.10. The average Bonchev–Trinajstić information content (AvgIpc) is 2.97. The van der Waals surface area contributed by atoms with Crippen molar-refractivity contribution in [1.82, 2.24) is 4.90 Å². The molecule has 0 aliphatic carbocycles. The van der Waals surface area contributed by atoms with E-state index in [0.717, 1.165) is 13.1 Å². The molecule has 1 aliphatic heterocycles. The predicted octanol–water partition coefficient (Wildman–Crippen LogP) is 3.54. The van der Waals surface area contributed by atoms with Crippen molar-refractivity contribution < 1.29 is 5.11 Å². The van der Waals surface area contributed by atoms with Gasteiger partial charge in [-0.3, -0.25) is 4.90 Å². The zero-order valence-corrected chi connectivity index (χ0v) is 11.0. The van der Waals surface area contributed by atoms with E-state index in [1.54, 1.807) is 0 Å². The number of aliphatic hydroxyl groups is 1. The quantitative estimate of drug-likeness (QED) is 0.431. The van der Waals surface area contributed by atoms with Gasteiger partial charge >= 0.3 is 0 Å². The van der Waals surface area contributed by atoms with Crippen molar-refractivity contribution in [2.45, 2.75) is 77.4 Å². The smallest absolute Gasteiger partial charge is 0.120 e. The summed E-state index contributed by atoms with van der Waals surface area (Å²) in [4.78, 5) is 2.13. The van der Waals surface area contributed by atoms with Crippen LogP contribution in [0, 0.1) is 0 Å². The van der Waals surface area contributed by atoms with Crippen molar-refractivity contribution in [1.29, 1.82) is 0 Å². The summed E-state index contributed by atoms with van der Waals surface area (Å²) in [6.45, 7) is 4.29. The third-order valence-corrected chi connectivity index (χ3v) is 3.48. The largest absolute Gasteiger partial charge is 0.377 e. The minimum atomic E-state index is -0.0986. The molecular weight excluding hydrogens is 198 g/mol. The van der Waals surface area contributed by atoms with E-state index < -0.39 is 0 Å². The van der Waals surface area contributed by atoms with Crippen LogP contribution in [0.15, 0.2) is 0 Å². The lowest BCUT2D eigenvalue weighted by Crippen LogP contribution is -2.02. The summed E-state index contributed by atoms with van der Waals surface area (Å²) in [5.74, 6) is 0. The van der Waals surface area contributed by atoms with Gasteiger partial charge in [0.2, 0.25) is 0 Å². The first-order chi connectivity index (χ1) is 7.84. The summed E-state index contributed by atoms with van der Waals surface area (Å²) in [6, 6.07) is 0. The van der Waals surface area contributed by atoms with Crippen molar-refractivity contribution in [3.63, 3.8) is 0 Å². The minimum Gasteiger partial charge on any atom is -0.377 e. The molecule has 0 aromatic rings. The molecule has 0 saturated carbocycles. The Morgan fingerprint density at radius 2 is 1.31 bits per heavy atom. The molecule has 2 atom stereocenters. The molecule has 0 radical (unpaired) electrons. The maximum absolute atomic E-state index is 9.10. The van der Waals surface area contributed by atoms with Gasteiger partial charge in [0, 0.05) is 13.1 Å². The van der Waals surface area contributed by atoms with Crippen LogP contribution >= 0.6 is 0 Å². The Morgan fingerprint density at radius 3 is 1.75 bits per heavy atom. The highest BCUT2D eigenvalue weighted by Crippen LogP contribution is 2.15. The van der Waals surface area contributed by atoms with E-state index in [4.69, 9.17) is 5.11 Å². The Bertz CT molecular complexity index is 161. The Kier molecular flexibility index (Phi) is 7.87. The number of β-amino-alcohol motifs (C(OH)–C–C–N with tert-alkyl or cyclic N) is 1.